The lowest BCUT2D eigenvalue weighted by molar-refractivity contribution is -0.120. The molecule has 128 valence electrons. The third-order valence-electron chi connectivity index (χ3n) is 5.14. The maximum atomic E-state index is 12.4. The highest BCUT2D eigenvalue weighted by Gasteiger charge is 2.36. The number of rotatable bonds is 4. The van der Waals surface area contributed by atoms with Gasteiger partial charge in [-0.15, -0.1) is 0 Å². The average Bonchev–Trinajstić information content (AvgIpc) is 3.35. The molecular weight excluding hydrogens is 304 g/mol. The summed E-state index contributed by atoms with van der Waals surface area (Å²) in [4.78, 5) is 26.5. The number of nitrogens with zero attached hydrogens (tertiary/aromatic N) is 1. The van der Waals surface area contributed by atoms with E-state index in [1.54, 1.807) is 0 Å². The number of anilines is 2. The third-order valence-corrected chi connectivity index (χ3v) is 5.14. The zero-order valence-electron chi connectivity index (χ0n) is 13.9. The van der Waals surface area contributed by atoms with Crippen molar-refractivity contribution in [1.82, 2.24) is 0 Å². The monoisotopic (exact) mass is 328 g/mol. The van der Waals surface area contributed by atoms with Crippen LogP contribution in [0.15, 0.2) is 18.2 Å². The highest BCUT2D eigenvalue weighted by Crippen LogP contribution is 2.37. The number of hydrogen-bond acceptors (Lipinski definition) is 3. The van der Waals surface area contributed by atoms with Crippen LogP contribution in [0, 0.1) is 5.92 Å². The molecule has 2 amide bonds. The molecule has 0 aromatic heterocycles. The van der Waals surface area contributed by atoms with Crippen LogP contribution in [0.2, 0.25) is 0 Å². The van der Waals surface area contributed by atoms with Crippen molar-refractivity contribution in [2.75, 3.05) is 23.4 Å². The predicted octanol–water partition coefficient (Wildman–Crippen LogP) is 2.88. The van der Waals surface area contributed by atoms with Crippen LogP contribution in [0.4, 0.5) is 11.4 Å². The molecule has 0 spiro atoms. The summed E-state index contributed by atoms with van der Waals surface area (Å²) in [5, 5.41) is 2.97. The van der Waals surface area contributed by atoms with Gasteiger partial charge in [-0.25, -0.2) is 0 Å². The van der Waals surface area contributed by atoms with Crippen LogP contribution < -0.4 is 10.2 Å². The largest absolute Gasteiger partial charge is 0.378 e. The Labute approximate surface area is 142 Å². The van der Waals surface area contributed by atoms with E-state index in [4.69, 9.17) is 4.74 Å². The minimum atomic E-state index is -0.0140. The van der Waals surface area contributed by atoms with Crippen molar-refractivity contribution in [3.8, 4) is 0 Å². The lowest BCUT2D eigenvalue weighted by Gasteiger charge is -2.22. The number of benzene rings is 1. The van der Waals surface area contributed by atoms with Gasteiger partial charge < -0.3 is 15.0 Å². The third kappa shape index (κ3) is 3.31. The van der Waals surface area contributed by atoms with E-state index in [1.165, 1.54) is 5.56 Å². The Morgan fingerprint density at radius 1 is 1.21 bits per heavy atom. The highest BCUT2D eigenvalue weighted by molar-refractivity contribution is 5.99. The van der Waals surface area contributed by atoms with Gasteiger partial charge >= 0.3 is 0 Å². The van der Waals surface area contributed by atoms with E-state index in [0.29, 0.717) is 6.42 Å². The van der Waals surface area contributed by atoms with E-state index in [-0.39, 0.29) is 23.8 Å². The Hall–Kier alpha value is -1.88. The lowest BCUT2D eigenvalue weighted by atomic mass is 10.1. The van der Waals surface area contributed by atoms with Gasteiger partial charge in [-0.05, 0) is 56.2 Å². The van der Waals surface area contributed by atoms with Gasteiger partial charge in [-0.2, -0.15) is 0 Å². The van der Waals surface area contributed by atoms with Crippen molar-refractivity contribution >= 4 is 23.2 Å². The summed E-state index contributed by atoms with van der Waals surface area (Å²) >= 11 is 0. The summed E-state index contributed by atoms with van der Waals surface area (Å²) in [5.74, 6) is 0.449. The zero-order valence-corrected chi connectivity index (χ0v) is 13.9. The number of hydrogen-bond donors (Lipinski definition) is 1. The quantitative estimate of drug-likeness (QED) is 0.924. The zero-order chi connectivity index (χ0) is 16.5. The summed E-state index contributed by atoms with van der Waals surface area (Å²) in [7, 11) is 0. The molecule has 2 aliphatic heterocycles. The summed E-state index contributed by atoms with van der Waals surface area (Å²) in [6.45, 7) is 1.52. The fourth-order valence-corrected chi connectivity index (χ4v) is 3.62. The molecular formula is C19H24N2O3. The number of ether oxygens (including phenoxy) is 1. The Bertz CT molecular complexity index is 648. The molecule has 1 aliphatic carbocycles. The fourth-order valence-electron chi connectivity index (χ4n) is 3.62. The maximum Gasteiger partial charge on any atom is 0.230 e. The van der Waals surface area contributed by atoms with Gasteiger partial charge in [-0.3, -0.25) is 9.59 Å². The van der Waals surface area contributed by atoms with Crippen molar-refractivity contribution in [2.45, 2.75) is 51.0 Å². The molecule has 24 heavy (non-hydrogen) atoms. The molecule has 1 aromatic carbocycles. The van der Waals surface area contributed by atoms with Crippen molar-refractivity contribution < 1.29 is 14.3 Å². The maximum absolute atomic E-state index is 12.4. The normalized spacial score (nSPS) is 23.0. The van der Waals surface area contributed by atoms with Gasteiger partial charge in [-0.1, -0.05) is 6.07 Å². The first-order valence-corrected chi connectivity index (χ1v) is 9.06. The van der Waals surface area contributed by atoms with Crippen LogP contribution >= 0.6 is 0 Å². The number of nitrogens with one attached hydrogen (secondary N) is 1. The Morgan fingerprint density at radius 3 is 2.83 bits per heavy atom. The first-order valence-electron chi connectivity index (χ1n) is 9.06. The number of carbonyl (C=O) groups is 2. The predicted molar refractivity (Wildman–Crippen MR) is 92.1 cm³/mol. The lowest BCUT2D eigenvalue weighted by Crippen LogP contribution is -2.30. The summed E-state index contributed by atoms with van der Waals surface area (Å²) in [5.41, 5.74) is 2.93. The van der Waals surface area contributed by atoms with E-state index < -0.39 is 0 Å². The van der Waals surface area contributed by atoms with E-state index in [2.05, 4.69) is 5.32 Å². The molecule has 4 rings (SSSR count). The SMILES string of the molecule is O=C(CC1CCCCO1)Nc1ccc2c(c1)N(C(=O)C1CC1)CC2. The Balaban J connectivity index is 1.42. The number of carbonyl (C=O) groups excluding carboxylic acids is 2. The van der Waals surface area contributed by atoms with Gasteiger partial charge in [0.15, 0.2) is 0 Å². The minimum absolute atomic E-state index is 0.0140. The Kier molecular flexibility index (Phi) is 4.27. The van der Waals surface area contributed by atoms with E-state index in [1.807, 2.05) is 23.1 Å². The Morgan fingerprint density at radius 2 is 2.08 bits per heavy atom. The average molecular weight is 328 g/mol. The van der Waals surface area contributed by atoms with Gasteiger partial charge in [0.1, 0.15) is 0 Å². The van der Waals surface area contributed by atoms with Gasteiger partial charge in [0.2, 0.25) is 11.8 Å². The van der Waals surface area contributed by atoms with Crippen molar-refractivity contribution in [2.24, 2.45) is 5.92 Å². The second-order valence-corrected chi connectivity index (χ2v) is 7.10. The molecule has 5 heteroatoms. The smallest absolute Gasteiger partial charge is 0.230 e. The van der Waals surface area contributed by atoms with Gasteiger partial charge in [0, 0.05) is 30.4 Å². The molecule has 3 aliphatic rings. The highest BCUT2D eigenvalue weighted by atomic mass is 16.5. The summed E-state index contributed by atoms with van der Waals surface area (Å²) in [6.07, 6.45) is 6.57. The van der Waals surface area contributed by atoms with Crippen LogP contribution in [0.5, 0.6) is 0 Å². The molecule has 0 radical (unpaired) electrons. The molecule has 1 saturated heterocycles. The van der Waals surface area contributed by atoms with Crippen LogP contribution in [0.3, 0.4) is 0 Å². The molecule has 1 aromatic rings. The molecule has 2 heterocycles. The number of amides is 2. The topological polar surface area (TPSA) is 58.6 Å². The number of fused-ring (bicyclic) bond motifs is 1. The van der Waals surface area contributed by atoms with Crippen molar-refractivity contribution in [1.29, 1.82) is 0 Å². The van der Waals surface area contributed by atoms with E-state index in [9.17, 15) is 9.59 Å². The molecule has 1 unspecified atom stereocenters. The fraction of sp³-hybridized carbons (Fsp3) is 0.579. The second kappa shape index (κ2) is 6.55. The minimum Gasteiger partial charge on any atom is -0.378 e. The molecule has 1 N–H and O–H groups in total. The van der Waals surface area contributed by atoms with Crippen LogP contribution in [0.1, 0.15) is 44.1 Å². The summed E-state index contributed by atoms with van der Waals surface area (Å²) in [6, 6.07) is 5.91. The first kappa shape index (κ1) is 15.6. The standard InChI is InChI=1S/C19H24N2O3/c22-18(12-16-3-1-2-10-24-16)20-15-7-6-13-8-9-21(17(13)11-15)19(23)14-4-5-14/h6-7,11,14,16H,1-5,8-10,12H2,(H,20,22). The van der Waals surface area contributed by atoms with Crippen LogP contribution in [-0.2, 0) is 20.7 Å². The summed E-state index contributed by atoms with van der Waals surface area (Å²) < 4.78 is 5.63. The van der Waals surface area contributed by atoms with Gasteiger partial charge in [0.05, 0.1) is 12.5 Å². The van der Waals surface area contributed by atoms with Crippen molar-refractivity contribution in [3.05, 3.63) is 23.8 Å². The molecule has 0 bridgehead atoms. The molecule has 5 nitrogen and oxygen atoms in total. The molecule has 1 saturated carbocycles. The molecule has 1 atom stereocenters. The van der Waals surface area contributed by atoms with Crippen molar-refractivity contribution in [3.63, 3.8) is 0 Å². The first-order chi connectivity index (χ1) is 11.7. The van der Waals surface area contributed by atoms with Crippen LogP contribution in [0.25, 0.3) is 0 Å². The molecule has 2 fully saturated rings. The second-order valence-electron chi connectivity index (χ2n) is 7.10. The van der Waals surface area contributed by atoms with Crippen LogP contribution in [-0.4, -0.2) is 31.1 Å². The van der Waals surface area contributed by atoms with E-state index in [0.717, 1.165) is 63.1 Å². The van der Waals surface area contributed by atoms with E-state index >= 15 is 0 Å². The van der Waals surface area contributed by atoms with Gasteiger partial charge in [0.25, 0.3) is 0 Å².